The van der Waals surface area contributed by atoms with Crippen LogP contribution in [0.2, 0.25) is 0 Å². The summed E-state index contributed by atoms with van der Waals surface area (Å²) in [7, 11) is 1.97. The summed E-state index contributed by atoms with van der Waals surface area (Å²) in [4.78, 5) is 0. The first kappa shape index (κ1) is 16.2. The van der Waals surface area contributed by atoms with Crippen molar-refractivity contribution in [2.24, 2.45) is 13.0 Å². The second kappa shape index (κ2) is 6.06. The lowest BCUT2D eigenvalue weighted by Crippen LogP contribution is -2.43. The van der Waals surface area contributed by atoms with Crippen LogP contribution in [0.3, 0.4) is 0 Å². The lowest BCUT2D eigenvalue weighted by Gasteiger charge is -2.31. The maximum Gasteiger partial charge on any atom is 0.0769 e. The summed E-state index contributed by atoms with van der Waals surface area (Å²) in [5, 5.41) is 18.3. The van der Waals surface area contributed by atoms with Crippen LogP contribution in [0.15, 0.2) is 0 Å². The highest BCUT2D eigenvalue weighted by atomic mass is 16.3. The smallest absolute Gasteiger partial charge is 0.0769 e. The van der Waals surface area contributed by atoms with Crippen molar-refractivity contribution in [3.63, 3.8) is 0 Å². The zero-order valence-electron chi connectivity index (χ0n) is 13.4. The van der Waals surface area contributed by atoms with Crippen LogP contribution in [0.4, 0.5) is 0 Å². The minimum absolute atomic E-state index is 0.198. The van der Waals surface area contributed by atoms with Crippen LogP contribution in [-0.2, 0) is 7.05 Å². The van der Waals surface area contributed by atoms with Crippen LogP contribution in [0, 0.1) is 19.8 Å². The molecule has 0 aliphatic rings. The molecule has 1 aromatic heterocycles. The highest BCUT2D eigenvalue weighted by Gasteiger charge is 2.28. The Bertz CT molecular complexity index is 423. The zero-order chi connectivity index (χ0) is 14.8. The molecular formula is C15H29N3O. The standard InChI is InChI=1S/C15H29N3O/c1-8-10(2)15(6,19)9-16-11(3)14-12(4)17-18(7)13(14)5/h10-11,16,19H,8-9H2,1-7H3. The van der Waals surface area contributed by atoms with Gasteiger partial charge in [0.05, 0.1) is 11.3 Å². The molecule has 3 unspecified atom stereocenters. The molecule has 110 valence electrons. The fourth-order valence-corrected chi connectivity index (χ4v) is 2.49. The number of aryl methyl sites for hydroxylation is 2. The quantitative estimate of drug-likeness (QED) is 0.832. The first-order valence-electron chi connectivity index (χ1n) is 7.16. The van der Waals surface area contributed by atoms with Crippen molar-refractivity contribution < 1.29 is 5.11 Å². The van der Waals surface area contributed by atoms with Crippen LogP contribution in [0.5, 0.6) is 0 Å². The molecule has 0 aliphatic carbocycles. The van der Waals surface area contributed by atoms with Crippen molar-refractivity contribution in [2.75, 3.05) is 6.54 Å². The molecule has 0 bridgehead atoms. The molecule has 0 saturated carbocycles. The molecule has 0 aromatic carbocycles. The van der Waals surface area contributed by atoms with Crippen molar-refractivity contribution in [1.82, 2.24) is 15.1 Å². The summed E-state index contributed by atoms with van der Waals surface area (Å²) in [5.74, 6) is 0.281. The average molecular weight is 267 g/mol. The molecule has 1 heterocycles. The molecule has 19 heavy (non-hydrogen) atoms. The molecule has 1 aromatic rings. The molecule has 1 rings (SSSR count). The van der Waals surface area contributed by atoms with E-state index < -0.39 is 5.60 Å². The summed E-state index contributed by atoms with van der Waals surface area (Å²) in [6, 6.07) is 0.198. The van der Waals surface area contributed by atoms with E-state index in [0.29, 0.717) is 6.54 Å². The third-order valence-corrected chi connectivity index (χ3v) is 4.44. The van der Waals surface area contributed by atoms with E-state index in [4.69, 9.17) is 0 Å². The molecule has 0 saturated heterocycles. The Hall–Kier alpha value is -0.870. The van der Waals surface area contributed by atoms with Gasteiger partial charge in [0.2, 0.25) is 0 Å². The molecule has 0 amide bonds. The van der Waals surface area contributed by atoms with Gasteiger partial charge in [-0.1, -0.05) is 20.3 Å². The van der Waals surface area contributed by atoms with Gasteiger partial charge in [-0.05, 0) is 33.6 Å². The molecule has 0 radical (unpaired) electrons. The van der Waals surface area contributed by atoms with Gasteiger partial charge in [0.1, 0.15) is 0 Å². The highest BCUT2D eigenvalue weighted by molar-refractivity contribution is 5.27. The van der Waals surface area contributed by atoms with E-state index in [1.807, 2.05) is 25.6 Å². The van der Waals surface area contributed by atoms with Gasteiger partial charge in [-0.3, -0.25) is 4.68 Å². The second-order valence-corrected chi connectivity index (χ2v) is 5.98. The third-order valence-electron chi connectivity index (χ3n) is 4.44. The molecular weight excluding hydrogens is 238 g/mol. The number of rotatable bonds is 6. The molecule has 0 fully saturated rings. The van der Waals surface area contributed by atoms with E-state index >= 15 is 0 Å². The van der Waals surface area contributed by atoms with E-state index in [0.717, 1.165) is 12.1 Å². The van der Waals surface area contributed by atoms with Gasteiger partial charge >= 0.3 is 0 Å². The van der Waals surface area contributed by atoms with E-state index in [-0.39, 0.29) is 12.0 Å². The lowest BCUT2D eigenvalue weighted by atomic mass is 9.88. The predicted octanol–water partition coefficient (Wildman–Crippen LogP) is 2.48. The average Bonchev–Trinajstić information content (AvgIpc) is 2.59. The largest absolute Gasteiger partial charge is 0.389 e. The van der Waals surface area contributed by atoms with Crippen molar-refractivity contribution in [3.8, 4) is 0 Å². The number of hydrogen-bond acceptors (Lipinski definition) is 3. The Labute approximate surface area is 117 Å². The van der Waals surface area contributed by atoms with Gasteiger partial charge in [0.15, 0.2) is 0 Å². The number of hydrogen-bond donors (Lipinski definition) is 2. The van der Waals surface area contributed by atoms with Gasteiger partial charge in [-0.2, -0.15) is 5.10 Å². The Morgan fingerprint density at radius 1 is 1.37 bits per heavy atom. The maximum absolute atomic E-state index is 10.4. The van der Waals surface area contributed by atoms with Crippen molar-refractivity contribution >= 4 is 0 Å². The van der Waals surface area contributed by atoms with Gasteiger partial charge in [-0.15, -0.1) is 0 Å². The molecule has 3 atom stereocenters. The molecule has 4 nitrogen and oxygen atoms in total. The topological polar surface area (TPSA) is 50.1 Å². The Balaban J connectivity index is 2.73. The summed E-state index contributed by atoms with van der Waals surface area (Å²) in [6.45, 7) is 12.9. The van der Waals surface area contributed by atoms with Crippen LogP contribution < -0.4 is 5.32 Å². The van der Waals surface area contributed by atoms with Gasteiger partial charge in [0, 0.05) is 30.9 Å². The van der Waals surface area contributed by atoms with Gasteiger partial charge in [0.25, 0.3) is 0 Å². The van der Waals surface area contributed by atoms with Crippen molar-refractivity contribution in [2.45, 2.75) is 59.6 Å². The number of aliphatic hydroxyl groups is 1. The monoisotopic (exact) mass is 267 g/mol. The summed E-state index contributed by atoms with van der Waals surface area (Å²) in [6.07, 6.45) is 0.980. The Kier molecular flexibility index (Phi) is 5.16. The molecule has 0 aliphatic heterocycles. The van der Waals surface area contributed by atoms with Crippen molar-refractivity contribution in [1.29, 1.82) is 0 Å². The van der Waals surface area contributed by atoms with Crippen LogP contribution in [0.25, 0.3) is 0 Å². The van der Waals surface area contributed by atoms with Crippen LogP contribution in [-0.4, -0.2) is 27.0 Å². The van der Waals surface area contributed by atoms with Gasteiger partial charge < -0.3 is 10.4 Å². The Morgan fingerprint density at radius 2 is 1.95 bits per heavy atom. The minimum Gasteiger partial charge on any atom is -0.389 e. The first-order valence-corrected chi connectivity index (χ1v) is 7.16. The summed E-state index contributed by atoms with van der Waals surface area (Å²) in [5.41, 5.74) is 2.80. The first-order chi connectivity index (χ1) is 8.70. The Morgan fingerprint density at radius 3 is 2.37 bits per heavy atom. The molecule has 2 N–H and O–H groups in total. The summed E-state index contributed by atoms with van der Waals surface area (Å²) < 4.78 is 1.91. The van der Waals surface area contributed by atoms with E-state index in [2.05, 4.69) is 38.1 Å². The molecule has 4 heteroatoms. The van der Waals surface area contributed by atoms with Gasteiger partial charge in [-0.25, -0.2) is 0 Å². The van der Waals surface area contributed by atoms with Crippen molar-refractivity contribution in [3.05, 3.63) is 17.0 Å². The summed E-state index contributed by atoms with van der Waals surface area (Å²) >= 11 is 0. The fraction of sp³-hybridized carbons (Fsp3) is 0.800. The normalized spacial score (nSPS) is 18.1. The SMILES string of the molecule is CCC(C)C(C)(O)CNC(C)c1c(C)nn(C)c1C. The lowest BCUT2D eigenvalue weighted by molar-refractivity contribution is 0.00362. The van der Waals surface area contributed by atoms with Crippen LogP contribution >= 0.6 is 0 Å². The predicted molar refractivity (Wildman–Crippen MR) is 79.2 cm³/mol. The van der Waals surface area contributed by atoms with E-state index in [9.17, 15) is 5.11 Å². The number of aromatic nitrogens is 2. The van der Waals surface area contributed by atoms with E-state index in [1.165, 1.54) is 11.3 Å². The maximum atomic E-state index is 10.4. The number of nitrogens with zero attached hydrogens (tertiary/aromatic N) is 2. The molecule has 0 spiro atoms. The third kappa shape index (κ3) is 3.57. The zero-order valence-corrected chi connectivity index (χ0v) is 13.4. The number of nitrogens with one attached hydrogen (secondary N) is 1. The van der Waals surface area contributed by atoms with E-state index in [1.54, 1.807) is 0 Å². The van der Waals surface area contributed by atoms with Crippen LogP contribution in [0.1, 0.15) is 57.1 Å². The fourth-order valence-electron chi connectivity index (χ4n) is 2.49. The minimum atomic E-state index is -0.674. The highest BCUT2D eigenvalue weighted by Crippen LogP contribution is 2.23. The second-order valence-electron chi connectivity index (χ2n) is 5.98.